The Hall–Kier alpha value is 2.05. The molecular weight excluding hydrogens is 205 g/mol. The summed E-state index contributed by atoms with van der Waals surface area (Å²) in [6, 6.07) is 0. The van der Waals surface area contributed by atoms with E-state index >= 15 is 0 Å². The van der Waals surface area contributed by atoms with Gasteiger partial charge >= 0.3 is 68.9 Å². The van der Waals surface area contributed by atoms with E-state index in [0.29, 0.717) is 0 Å². The van der Waals surface area contributed by atoms with Crippen LogP contribution in [-0.2, 0) is 0 Å². The first-order chi connectivity index (χ1) is 2.91. The molecule has 0 saturated heterocycles. The van der Waals surface area contributed by atoms with Crippen LogP contribution in [0, 0.1) is 6.92 Å². The molecular formula is C6H13Cs. The third-order valence-electron chi connectivity index (χ3n) is 0.854. The van der Waals surface area contributed by atoms with Crippen LogP contribution in [0.2, 0.25) is 0 Å². The molecule has 0 aromatic heterocycles. The van der Waals surface area contributed by atoms with Gasteiger partial charge in [0.25, 0.3) is 0 Å². The standard InChI is InChI=1S/C6H13.Cs/c1-3-5-6-4-2;/h1,3-6H2,2H3;/q-1;+1. The molecule has 7 heavy (non-hydrogen) atoms. The largest absolute Gasteiger partial charge is 1.00 e. The van der Waals surface area contributed by atoms with Gasteiger partial charge in [-0.1, -0.05) is 26.2 Å². The van der Waals surface area contributed by atoms with Crippen molar-refractivity contribution in [2.75, 3.05) is 0 Å². The second-order valence-corrected chi connectivity index (χ2v) is 1.56. The molecule has 0 atom stereocenters. The molecule has 0 aliphatic rings. The molecule has 0 N–H and O–H groups in total. The predicted molar refractivity (Wildman–Crippen MR) is 29.5 cm³/mol. The summed E-state index contributed by atoms with van der Waals surface area (Å²) in [5.41, 5.74) is 0. The molecule has 0 aromatic carbocycles. The zero-order valence-corrected chi connectivity index (χ0v) is 11.8. The van der Waals surface area contributed by atoms with Crippen molar-refractivity contribution in [1.29, 1.82) is 0 Å². The Bertz CT molecular complexity index is 16.1. The van der Waals surface area contributed by atoms with E-state index in [-0.39, 0.29) is 68.9 Å². The normalized spacial score (nSPS) is 7.71. The van der Waals surface area contributed by atoms with Crippen LogP contribution >= 0.6 is 0 Å². The molecule has 1 heteroatoms. The summed E-state index contributed by atoms with van der Waals surface area (Å²) in [4.78, 5) is 0. The van der Waals surface area contributed by atoms with E-state index in [4.69, 9.17) is 0 Å². The van der Waals surface area contributed by atoms with Crippen LogP contribution in [0.1, 0.15) is 32.6 Å². The van der Waals surface area contributed by atoms with Crippen molar-refractivity contribution < 1.29 is 68.9 Å². The molecule has 0 spiro atoms. The average molecular weight is 218 g/mol. The Morgan fingerprint density at radius 1 is 1.29 bits per heavy atom. The minimum Gasteiger partial charge on any atom is -0.343 e. The molecule has 0 rings (SSSR count). The number of hydrogen-bond acceptors (Lipinski definition) is 0. The van der Waals surface area contributed by atoms with Gasteiger partial charge in [-0.05, 0) is 0 Å². The number of unbranched alkanes of at least 4 members (excludes halogenated alkanes) is 3. The summed E-state index contributed by atoms with van der Waals surface area (Å²) >= 11 is 0. The molecule has 0 aliphatic heterocycles. The fourth-order valence-electron chi connectivity index (χ4n) is 0.427. The minimum absolute atomic E-state index is 0. The van der Waals surface area contributed by atoms with E-state index in [0.717, 1.165) is 6.42 Å². The number of hydrogen-bond donors (Lipinski definition) is 0. The SMILES string of the molecule is [CH2-]CCCCC.[Cs+]. The van der Waals surface area contributed by atoms with Crippen molar-refractivity contribution in [3.8, 4) is 0 Å². The van der Waals surface area contributed by atoms with E-state index in [1.54, 1.807) is 0 Å². The Balaban J connectivity index is 0. The zero-order chi connectivity index (χ0) is 4.83. The maximum atomic E-state index is 3.72. The molecule has 0 aliphatic carbocycles. The van der Waals surface area contributed by atoms with E-state index in [9.17, 15) is 0 Å². The van der Waals surface area contributed by atoms with Crippen LogP contribution in [0.3, 0.4) is 0 Å². The Morgan fingerprint density at radius 2 is 1.86 bits per heavy atom. The van der Waals surface area contributed by atoms with Gasteiger partial charge in [-0.2, -0.15) is 6.42 Å². The molecule has 38 valence electrons. The van der Waals surface area contributed by atoms with Crippen LogP contribution in [-0.4, -0.2) is 0 Å². The molecule has 0 heterocycles. The first-order valence-electron chi connectivity index (χ1n) is 2.71. The molecule has 0 radical (unpaired) electrons. The summed E-state index contributed by atoms with van der Waals surface area (Å²) in [5, 5.41) is 0. The van der Waals surface area contributed by atoms with Crippen LogP contribution in [0.4, 0.5) is 0 Å². The van der Waals surface area contributed by atoms with E-state index < -0.39 is 0 Å². The first-order valence-corrected chi connectivity index (χ1v) is 2.71. The van der Waals surface area contributed by atoms with Crippen LogP contribution in [0.25, 0.3) is 0 Å². The summed E-state index contributed by atoms with van der Waals surface area (Å²) in [5.74, 6) is 0. The first kappa shape index (κ1) is 11.8. The van der Waals surface area contributed by atoms with Crippen molar-refractivity contribution in [2.24, 2.45) is 0 Å². The molecule has 0 unspecified atom stereocenters. The molecule has 0 amide bonds. The monoisotopic (exact) mass is 218 g/mol. The summed E-state index contributed by atoms with van der Waals surface area (Å²) in [6.45, 7) is 5.93. The van der Waals surface area contributed by atoms with Crippen molar-refractivity contribution in [2.45, 2.75) is 32.6 Å². The van der Waals surface area contributed by atoms with Crippen molar-refractivity contribution in [3.63, 3.8) is 0 Å². The van der Waals surface area contributed by atoms with Crippen molar-refractivity contribution in [1.82, 2.24) is 0 Å². The Morgan fingerprint density at radius 3 is 2.00 bits per heavy atom. The van der Waals surface area contributed by atoms with Crippen LogP contribution in [0.15, 0.2) is 0 Å². The summed E-state index contributed by atoms with van der Waals surface area (Å²) in [6.07, 6.45) is 5.07. The molecule has 0 aromatic rings. The third kappa shape index (κ3) is 11.6. The fraction of sp³-hybridized carbons (Fsp3) is 0.833. The molecule has 0 saturated carbocycles. The van der Waals surface area contributed by atoms with Gasteiger partial charge in [0.1, 0.15) is 0 Å². The van der Waals surface area contributed by atoms with Crippen LogP contribution < -0.4 is 68.9 Å². The van der Waals surface area contributed by atoms with Crippen molar-refractivity contribution >= 4 is 0 Å². The fourth-order valence-corrected chi connectivity index (χ4v) is 0.427. The minimum atomic E-state index is 0. The topological polar surface area (TPSA) is 0 Å². The van der Waals surface area contributed by atoms with Gasteiger partial charge < -0.3 is 6.92 Å². The van der Waals surface area contributed by atoms with Gasteiger partial charge in [-0.3, -0.25) is 0 Å². The maximum absolute atomic E-state index is 3.72. The average Bonchev–Trinajstić information content (AvgIpc) is 1.61. The van der Waals surface area contributed by atoms with Gasteiger partial charge in [0, 0.05) is 0 Å². The zero-order valence-electron chi connectivity index (χ0n) is 5.54. The van der Waals surface area contributed by atoms with Gasteiger partial charge in [0.05, 0.1) is 0 Å². The Labute approximate surface area is 106 Å². The van der Waals surface area contributed by atoms with E-state index in [1.807, 2.05) is 0 Å². The van der Waals surface area contributed by atoms with E-state index in [1.165, 1.54) is 19.3 Å². The maximum Gasteiger partial charge on any atom is 1.00 e. The van der Waals surface area contributed by atoms with E-state index in [2.05, 4.69) is 13.8 Å². The summed E-state index contributed by atoms with van der Waals surface area (Å²) in [7, 11) is 0. The van der Waals surface area contributed by atoms with Crippen molar-refractivity contribution in [3.05, 3.63) is 6.92 Å². The van der Waals surface area contributed by atoms with Gasteiger partial charge in [-0.25, -0.2) is 0 Å². The van der Waals surface area contributed by atoms with Gasteiger partial charge in [0.2, 0.25) is 0 Å². The molecule has 0 bridgehead atoms. The molecule has 0 fully saturated rings. The second-order valence-electron chi connectivity index (χ2n) is 1.56. The molecule has 0 nitrogen and oxygen atoms in total. The quantitative estimate of drug-likeness (QED) is 0.438. The third-order valence-corrected chi connectivity index (χ3v) is 0.854. The Kier molecular flexibility index (Phi) is 18.4. The summed E-state index contributed by atoms with van der Waals surface area (Å²) < 4.78 is 0. The van der Waals surface area contributed by atoms with Gasteiger partial charge in [0.15, 0.2) is 0 Å². The van der Waals surface area contributed by atoms with Gasteiger partial charge in [-0.15, -0.1) is 0 Å². The predicted octanol–water partition coefficient (Wildman–Crippen LogP) is -0.595. The number of rotatable bonds is 3. The second kappa shape index (κ2) is 10.9. The smallest absolute Gasteiger partial charge is 0.343 e. The van der Waals surface area contributed by atoms with Crippen LogP contribution in [0.5, 0.6) is 0 Å².